The first-order valence-electron chi connectivity index (χ1n) is 7.52. The molecule has 1 aromatic carbocycles. The zero-order valence-corrected chi connectivity index (χ0v) is 13.5. The van der Waals surface area contributed by atoms with E-state index in [2.05, 4.69) is 37.0 Å². The molecule has 0 unspecified atom stereocenters. The van der Waals surface area contributed by atoms with Crippen molar-refractivity contribution in [3.63, 3.8) is 0 Å². The van der Waals surface area contributed by atoms with Gasteiger partial charge in [-0.15, -0.1) is 5.10 Å². The van der Waals surface area contributed by atoms with Gasteiger partial charge in [-0.25, -0.2) is 10.1 Å². The number of benzene rings is 1. The van der Waals surface area contributed by atoms with Crippen LogP contribution in [0.5, 0.6) is 5.75 Å². The van der Waals surface area contributed by atoms with Crippen LogP contribution in [-0.2, 0) is 6.61 Å². The average molecular weight is 333 g/mol. The third kappa shape index (κ3) is 3.97. The molecule has 0 amide bonds. The normalized spacial score (nSPS) is 11.4. The van der Waals surface area contributed by atoms with Gasteiger partial charge in [0.15, 0.2) is 17.4 Å². The molecule has 0 aliphatic heterocycles. The van der Waals surface area contributed by atoms with Crippen LogP contribution in [0.2, 0.25) is 0 Å². The summed E-state index contributed by atoms with van der Waals surface area (Å²) in [6, 6.07) is 15.5. The SMILES string of the molecule is CC(Nc1ncccc1OCc1ccccc1)=C(C#N)c1nnn[nH]1. The summed E-state index contributed by atoms with van der Waals surface area (Å²) in [7, 11) is 0. The quantitative estimate of drug-likeness (QED) is 0.666. The molecule has 2 aromatic heterocycles. The summed E-state index contributed by atoms with van der Waals surface area (Å²) < 4.78 is 5.85. The van der Waals surface area contributed by atoms with Crippen LogP contribution in [0.1, 0.15) is 18.3 Å². The highest BCUT2D eigenvalue weighted by molar-refractivity contribution is 5.77. The van der Waals surface area contributed by atoms with Gasteiger partial charge in [0.1, 0.15) is 18.2 Å². The van der Waals surface area contributed by atoms with Gasteiger partial charge in [-0.2, -0.15) is 5.26 Å². The van der Waals surface area contributed by atoms with Gasteiger partial charge in [0, 0.05) is 11.9 Å². The second-order valence-electron chi connectivity index (χ2n) is 5.11. The second kappa shape index (κ2) is 7.70. The number of H-pyrrole nitrogens is 1. The number of pyridine rings is 1. The molecular weight excluding hydrogens is 318 g/mol. The summed E-state index contributed by atoms with van der Waals surface area (Å²) >= 11 is 0. The number of aromatic amines is 1. The molecule has 0 atom stereocenters. The molecule has 8 heteroatoms. The number of nitrogens with one attached hydrogen (secondary N) is 2. The molecular formula is C17H15N7O. The van der Waals surface area contributed by atoms with Crippen LogP contribution in [0, 0.1) is 11.3 Å². The van der Waals surface area contributed by atoms with Crippen molar-refractivity contribution >= 4 is 11.4 Å². The molecule has 0 fully saturated rings. The predicted octanol–water partition coefficient (Wildman–Crippen LogP) is 2.54. The van der Waals surface area contributed by atoms with Crippen LogP contribution in [0.15, 0.2) is 54.4 Å². The zero-order chi connectivity index (χ0) is 17.5. The number of hydrogen-bond acceptors (Lipinski definition) is 7. The first-order valence-corrected chi connectivity index (χ1v) is 7.52. The smallest absolute Gasteiger partial charge is 0.191 e. The summed E-state index contributed by atoms with van der Waals surface area (Å²) in [6.07, 6.45) is 1.65. The molecule has 0 aliphatic rings. The van der Waals surface area contributed by atoms with Gasteiger partial charge < -0.3 is 10.1 Å². The molecule has 124 valence electrons. The fourth-order valence-corrected chi connectivity index (χ4v) is 2.16. The number of anilines is 1. The lowest BCUT2D eigenvalue weighted by Gasteiger charge is -2.13. The number of tetrazole rings is 1. The summed E-state index contributed by atoms with van der Waals surface area (Å²) in [5, 5.41) is 25.7. The zero-order valence-electron chi connectivity index (χ0n) is 13.5. The van der Waals surface area contributed by atoms with E-state index in [0.717, 1.165) is 5.56 Å². The van der Waals surface area contributed by atoms with E-state index < -0.39 is 0 Å². The van der Waals surface area contributed by atoms with Gasteiger partial charge in [-0.1, -0.05) is 30.3 Å². The molecule has 2 N–H and O–H groups in total. The molecule has 3 rings (SSSR count). The largest absolute Gasteiger partial charge is 0.485 e. The third-order valence-corrected chi connectivity index (χ3v) is 3.38. The molecule has 3 aromatic rings. The second-order valence-corrected chi connectivity index (χ2v) is 5.11. The van der Waals surface area contributed by atoms with E-state index in [1.807, 2.05) is 36.4 Å². The van der Waals surface area contributed by atoms with Crippen molar-refractivity contribution in [1.82, 2.24) is 25.6 Å². The monoisotopic (exact) mass is 333 g/mol. The predicted molar refractivity (Wildman–Crippen MR) is 91.0 cm³/mol. The topological polar surface area (TPSA) is 112 Å². The van der Waals surface area contributed by atoms with Gasteiger partial charge in [0.05, 0.1) is 0 Å². The third-order valence-electron chi connectivity index (χ3n) is 3.38. The molecule has 25 heavy (non-hydrogen) atoms. The molecule has 2 heterocycles. The Morgan fingerprint density at radius 3 is 2.80 bits per heavy atom. The lowest BCUT2D eigenvalue weighted by Crippen LogP contribution is -2.05. The van der Waals surface area contributed by atoms with Gasteiger partial charge in [0.25, 0.3) is 0 Å². The van der Waals surface area contributed by atoms with E-state index in [-0.39, 0.29) is 5.82 Å². The lowest BCUT2D eigenvalue weighted by molar-refractivity contribution is 0.307. The molecule has 0 aliphatic carbocycles. The van der Waals surface area contributed by atoms with Crippen molar-refractivity contribution in [3.05, 3.63) is 65.7 Å². The van der Waals surface area contributed by atoms with E-state index in [1.165, 1.54) is 0 Å². The molecule has 0 radical (unpaired) electrons. The number of hydrogen-bond donors (Lipinski definition) is 2. The molecule has 0 saturated heterocycles. The standard InChI is InChI=1S/C17H15N7O/c1-12(14(10-18)16-21-23-24-22-16)20-17-15(8-5-9-19-17)25-11-13-6-3-2-4-7-13/h2-9H,11H2,1H3,(H,19,20)(H,21,22,23,24). The minimum atomic E-state index is 0.287. The summed E-state index contributed by atoms with van der Waals surface area (Å²) in [4.78, 5) is 4.29. The number of nitriles is 1. The van der Waals surface area contributed by atoms with Crippen LogP contribution in [0.4, 0.5) is 5.82 Å². The van der Waals surface area contributed by atoms with Crippen molar-refractivity contribution in [2.45, 2.75) is 13.5 Å². The van der Waals surface area contributed by atoms with Gasteiger partial charge in [-0.05, 0) is 35.0 Å². The molecule has 8 nitrogen and oxygen atoms in total. The van der Waals surface area contributed by atoms with Crippen molar-refractivity contribution < 1.29 is 4.74 Å². The fraction of sp³-hybridized carbons (Fsp3) is 0.118. The van der Waals surface area contributed by atoms with E-state index >= 15 is 0 Å². The minimum Gasteiger partial charge on any atom is -0.485 e. The van der Waals surface area contributed by atoms with Gasteiger partial charge in [0.2, 0.25) is 0 Å². The van der Waals surface area contributed by atoms with Gasteiger partial charge in [-0.3, -0.25) is 0 Å². The van der Waals surface area contributed by atoms with Gasteiger partial charge >= 0.3 is 0 Å². The number of ether oxygens (including phenoxy) is 1. The Hall–Kier alpha value is -3.73. The maximum atomic E-state index is 9.35. The average Bonchev–Trinajstić information content (AvgIpc) is 3.17. The lowest BCUT2D eigenvalue weighted by atomic mass is 10.2. The fourth-order valence-electron chi connectivity index (χ4n) is 2.16. The van der Waals surface area contributed by atoms with Crippen LogP contribution >= 0.6 is 0 Å². The van der Waals surface area contributed by atoms with Crippen molar-refractivity contribution in [2.24, 2.45) is 0 Å². The highest BCUT2D eigenvalue weighted by Crippen LogP contribution is 2.25. The van der Waals surface area contributed by atoms with Crippen molar-refractivity contribution in [3.8, 4) is 11.8 Å². The maximum Gasteiger partial charge on any atom is 0.191 e. The highest BCUT2D eigenvalue weighted by atomic mass is 16.5. The Bertz CT molecular complexity index is 898. The van der Waals surface area contributed by atoms with E-state index in [1.54, 1.807) is 19.2 Å². The molecule has 0 spiro atoms. The van der Waals surface area contributed by atoms with E-state index in [4.69, 9.17) is 4.74 Å². The number of rotatable bonds is 6. The minimum absolute atomic E-state index is 0.287. The first-order chi connectivity index (χ1) is 12.3. The molecule has 0 saturated carbocycles. The Balaban J connectivity index is 1.80. The summed E-state index contributed by atoms with van der Waals surface area (Å²) in [5.41, 5.74) is 1.91. The summed E-state index contributed by atoms with van der Waals surface area (Å²) in [5.74, 6) is 1.38. The highest BCUT2D eigenvalue weighted by Gasteiger charge is 2.12. The summed E-state index contributed by atoms with van der Waals surface area (Å²) in [6.45, 7) is 2.16. The van der Waals surface area contributed by atoms with Crippen LogP contribution < -0.4 is 10.1 Å². The van der Waals surface area contributed by atoms with Crippen LogP contribution in [0.25, 0.3) is 5.57 Å². The maximum absolute atomic E-state index is 9.35. The van der Waals surface area contributed by atoms with E-state index in [9.17, 15) is 5.26 Å². The van der Waals surface area contributed by atoms with Crippen molar-refractivity contribution in [2.75, 3.05) is 5.32 Å². The Morgan fingerprint density at radius 1 is 1.24 bits per heavy atom. The Kier molecular flexibility index (Phi) is 4.97. The van der Waals surface area contributed by atoms with E-state index in [0.29, 0.717) is 29.4 Å². The molecule has 0 bridgehead atoms. The Morgan fingerprint density at radius 2 is 2.08 bits per heavy atom. The van der Waals surface area contributed by atoms with Crippen molar-refractivity contribution in [1.29, 1.82) is 5.26 Å². The Labute approximate surface area is 144 Å². The van der Waals surface area contributed by atoms with Crippen LogP contribution in [-0.4, -0.2) is 25.6 Å². The number of aromatic nitrogens is 5. The number of allylic oxidation sites excluding steroid dienone is 2. The first kappa shape index (κ1) is 16.1. The van der Waals surface area contributed by atoms with Crippen LogP contribution in [0.3, 0.4) is 0 Å². The number of nitrogens with zero attached hydrogens (tertiary/aromatic N) is 5.